The third-order valence-electron chi connectivity index (χ3n) is 4.88. The number of amides is 1. The second kappa shape index (κ2) is 8.19. The number of para-hydroxylation sites is 1. The fourth-order valence-corrected chi connectivity index (χ4v) is 4.29. The number of thiazole rings is 1. The van der Waals surface area contributed by atoms with Crippen LogP contribution >= 0.6 is 11.3 Å². The Morgan fingerprint density at radius 3 is 2.56 bits per heavy atom. The number of hydrogen-bond donors (Lipinski definition) is 1. The van der Waals surface area contributed by atoms with Crippen LogP contribution < -0.4 is 5.32 Å². The Balaban J connectivity index is 1.55. The summed E-state index contributed by atoms with van der Waals surface area (Å²) in [6, 6.07) is 12.1. The van der Waals surface area contributed by atoms with E-state index in [1.165, 1.54) is 42.0 Å². The second-order valence-electron chi connectivity index (χ2n) is 7.09. The van der Waals surface area contributed by atoms with Crippen molar-refractivity contribution in [1.29, 1.82) is 0 Å². The molecule has 0 atom stereocenters. The van der Waals surface area contributed by atoms with E-state index in [4.69, 9.17) is 0 Å². The number of hydrogen-bond acceptors (Lipinski definition) is 5. The first-order valence-corrected chi connectivity index (χ1v) is 10.4. The number of carbonyl (C=O) groups is 2. The number of fused-ring (bicyclic) bond motifs is 1. The van der Waals surface area contributed by atoms with Gasteiger partial charge in [0.05, 0.1) is 45.0 Å². The number of nitrogens with one attached hydrogen (secondary N) is 1. The molecule has 0 unspecified atom stereocenters. The predicted octanol–water partition coefficient (Wildman–Crippen LogP) is 4.62. The first kappa shape index (κ1) is 21.7. The fraction of sp³-hybridized carbons (Fsp3) is 0.182. The maximum Gasteiger partial charge on any atom is 0.416 e. The van der Waals surface area contributed by atoms with Crippen LogP contribution in [0.2, 0.25) is 0 Å². The minimum Gasteiger partial charge on any atom is -0.343 e. The van der Waals surface area contributed by atoms with Crippen molar-refractivity contribution in [3.8, 4) is 5.69 Å². The van der Waals surface area contributed by atoms with Crippen molar-refractivity contribution < 1.29 is 22.8 Å². The molecule has 4 rings (SSSR count). The van der Waals surface area contributed by atoms with Gasteiger partial charge in [0, 0.05) is 0 Å². The van der Waals surface area contributed by atoms with Crippen LogP contribution in [-0.4, -0.2) is 26.5 Å². The van der Waals surface area contributed by atoms with Crippen LogP contribution in [0, 0.1) is 13.8 Å². The van der Waals surface area contributed by atoms with Gasteiger partial charge < -0.3 is 5.32 Å². The second-order valence-corrected chi connectivity index (χ2v) is 8.21. The molecule has 1 N–H and O–H groups in total. The van der Waals surface area contributed by atoms with Gasteiger partial charge in [0.25, 0.3) is 11.7 Å². The van der Waals surface area contributed by atoms with E-state index < -0.39 is 23.4 Å². The van der Waals surface area contributed by atoms with Crippen molar-refractivity contribution in [3.05, 3.63) is 76.1 Å². The number of alkyl halides is 3. The fourth-order valence-electron chi connectivity index (χ4n) is 3.38. The number of aryl methyl sites for hydroxylation is 1. The summed E-state index contributed by atoms with van der Waals surface area (Å²) in [6.07, 6.45) is -4.51. The van der Waals surface area contributed by atoms with Crippen LogP contribution in [0.25, 0.3) is 15.9 Å². The topological polar surface area (TPSA) is 76.9 Å². The van der Waals surface area contributed by atoms with Crippen LogP contribution in [0.4, 0.5) is 13.2 Å². The highest BCUT2D eigenvalue weighted by molar-refractivity contribution is 7.18. The van der Waals surface area contributed by atoms with Gasteiger partial charge in [0.2, 0.25) is 0 Å². The van der Waals surface area contributed by atoms with Gasteiger partial charge in [-0.1, -0.05) is 18.2 Å². The zero-order valence-electron chi connectivity index (χ0n) is 17.0. The molecule has 0 radical (unpaired) electrons. The number of nitrogens with zero attached hydrogens (tertiary/aromatic N) is 3. The van der Waals surface area contributed by atoms with E-state index in [9.17, 15) is 22.8 Å². The lowest BCUT2D eigenvalue weighted by molar-refractivity contribution is -0.137. The number of aromatic nitrogens is 3. The summed E-state index contributed by atoms with van der Waals surface area (Å²) in [5.74, 6) is -1.64. The lowest BCUT2D eigenvalue weighted by Crippen LogP contribution is -2.31. The monoisotopic (exact) mass is 458 g/mol. The number of Topliss-reactive ketones (excluding diaryl/α,β-unsaturated/α-hetero) is 1. The molecule has 1 amide bonds. The summed E-state index contributed by atoms with van der Waals surface area (Å²) in [5, 5.41) is 7.41. The molecule has 0 saturated carbocycles. The Kier molecular flexibility index (Phi) is 5.55. The molecule has 2 heterocycles. The third kappa shape index (κ3) is 4.13. The van der Waals surface area contributed by atoms with Crippen LogP contribution in [0.3, 0.4) is 0 Å². The molecule has 0 aliphatic carbocycles. The van der Waals surface area contributed by atoms with Crippen molar-refractivity contribution in [3.63, 3.8) is 0 Å². The highest BCUT2D eigenvalue weighted by atomic mass is 32.1. The van der Waals surface area contributed by atoms with E-state index >= 15 is 0 Å². The Bertz CT molecular complexity index is 1310. The molecule has 6 nitrogen and oxygen atoms in total. The Labute approximate surface area is 184 Å². The van der Waals surface area contributed by atoms with E-state index in [1.807, 2.05) is 24.3 Å². The normalized spacial score (nSPS) is 11.7. The molecule has 10 heteroatoms. The van der Waals surface area contributed by atoms with E-state index in [0.29, 0.717) is 5.01 Å². The number of halogens is 3. The molecule has 0 saturated heterocycles. The van der Waals surface area contributed by atoms with Gasteiger partial charge in [0.15, 0.2) is 0 Å². The number of carbonyl (C=O) groups excluding carboxylic acids is 2. The zero-order valence-corrected chi connectivity index (χ0v) is 17.8. The van der Waals surface area contributed by atoms with E-state index in [2.05, 4.69) is 15.4 Å². The molecule has 2 aromatic heterocycles. The van der Waals surface area contributed by atoms with Crippen molar-refractivity contribution in [2.45, 2.75) is 26.6 Å². The maximum atomic E-state index is 13.1. The van der Waals surface area contributed by atoms with Gasteiger partial charge in [-0.05, 0) is 44.2 Å². The number of ketones is 1. The van der Waals surface area contributed by atoms with Gasteiger partial charge in [-0.3, -0.25) is 9.59 Å². The first-order chi connectivity index (χ1) is 15.1. The smallest absolute Gasteiger partial charge is 0.343 e. The number of benzene rings is 2. The van der Waals surface area contributed by atoms with Crippen molar-refractivity contribution >= 4 is 33.2 Å². The molecular formula is C22H17F3N4O2S. The van der Waals surface area contributed by atoms with Crippen LogP contribution in [-0.2, 0) is 17.5 Å². The molecular weight excluding hydrogens is 441 g/mol. The molecule has 0 aliphatic rings. The maximum absolute atomic E-state index is 13.1. The van der Waals surface area contributed by atoms with Crippen molar-refractivity contribution in [2.75, 3.05) is 0 Å². The van der Waals surface area contributed by atoms with Gasteiger partial charge in [-0.25, -0.2) is 9.67 Å². The first-order valence-electron chi connectivity index (χ1n) is 9.56. The average Bonchev–Trinajstić information content (AvgIpc) is 3.31. The molecule has 0 bridgehead atoms. The van der Waals surface area contributed by atoms with Crippen molar-refractivity contribution in [1.82, 2.24) is 20.1 Å². The van der Waals surface area contributed by atoms with Crippen molar-refractivity contribution in [2.24, 2.45) is 0 Å². The summed E-state index contributed by atoms with van der Waals surface area (Å²) < 4.78 is 41.4. The Morgan fingerprint density at radius 1 is 1.09 bits per heavy atom. The Hall–Kier alpha value is -3.53. The molecule has 164 valence electrons. The van der Waals surface area contributed by atoms with Gasteiger partial charge in [-0.2, -0.15) is 18.3 Å². The minimum absolute atomic E-state index is 0.0595. The summed E-state index contributed by atoms with van der Waals surface area (Å²) in [5.41, 5.74) is 0.715. The van der Waals surface area contributed by atoms with E-state index in [0.717, 1.165) is 22.3 Å². The molecule has 0 spiro atoms. The van der Waals surface area contributed by atoms with Crippen LogP contribution in [0.5, 0.6) is 0 Å². The number of rotatable bonds is 5. The van der Waals surface area contributed by atoms with Crippen LogP contribution in [0.1, 0.15) is 32.3 Å². The van der Waals surface area contributed by atoms with Crippen LogP contribution in [0.15, 0.2) is 48.5 Å². The third-order valence-corrected chi connectivity index (χ3v) is 5.92. The highest BCUT2D eigenvalue weighted by Crippen LogP contribution is 2.31. The predicted molar refractivity (Wildman–Crippen MR) is 114 cm³/mol. The Morgan fingerprint density at radius 2 is 1.84 bits per heavy atom. The van der Waals surface area contributed by atoms with Gasteiger partial charge >= 0.3 is 6.18 Å². The standard InChI is InChI=1S/C22H17F3N4O2S/c1-12-19(13(2)29(28-12)15-7-5-6-14(10-15)22(23,24)25)20(30)21(31)26-11-18-27-16-8-3-4-9-17(16)32-18/h3-10H,11H2,1-2H3,(H,26,31). The zero-order chi connectivity index (χ0) is 23.0. The quantitative estimate of drug-likeness (QED) is 0.350. The van der Waals surface area contributed by atoms with E-state index in [1.54, 1.807) is 0 Å². The molecule has 4 aromatic rings. The molecule has 2 aromatic carbocycles. The SMILES string of the molecule is Cc1nn(-c2cccc(C(F)(F)F)c2)c(C)c1C(=O)C(=O)NCc1nc2ccccc2s1. The largest absolute Gasteiger partial charge is 0.416 e. The highest BCUT2D eigenvalue weighted by Gasteiger charge is 2.31. The molecule has 0 fully saturated rings. The summed E-state index contributed by atoms with van der Waals surface area (Å²) in [4.78, 5) is 29.7. The average molecular weight is 458 g/mol. The molecule has 0 aliphatic heterocycles. The lowest BCUT2D eigenvalue weighted by Gasteiger charge is -2.10. The van der Waals surface area contributed by atoms with Gasteiger partial charge in [0.1, 0.15) is 5.01 Å². The summed E-state index contributed by atoms with van der Waals surface area (Å²) in [6.45, 7) is 3.16. The van der Waals surface area contributed by atoms with Gasteiger partial charge in [-0.15, -0.1) is 11.3 Å². The minimum atomic E-state index is -4.51. The summed E-state index contributed by atoms with van der Waals surface area (Å²) in [7, 11) is 0. The van der Waals surface area contributed by atoms with E-state index in [-0.39, 0.29) is 29.2 Å². The summed E-state index contributed by atoms with van der Waals surface area (Å²) >= 11 is 1.41. The lowest BCUT2D eigenvalue weighted by atomic mass is 10.1. The molecule has 32 heavy (non-hydrogen) atoms.